The molecule has 152 valence electrons. The molecule has 3 aromatic rings. The summed E-state index contributed by atoms with van der Waals surface area (Å²) in [4.78, 5) is 28.0. The summed E-state index contributed by atoms with van der Waals surface area (Å²) in [5, 5.41) is 21.2. The van der Waals surface area contributed by atoms with E-state index in [1.807, 2.05) is 12.1 Å². The topological polar surface area (TPSA) is 124 Å². The predicted molar refractivity (Wildman–Crippen MR) is 109 cm³/mol. The van der Waals surface area contributed by atoms with Crippen LogP contribution in [-0.2, 0) is 4.79 Å². The fraction of sp³-hybridized carbons (Fsp3) is 0.150. The first-order valence-electron chi connectivity index (χ1n) is 9.05. The number of anilines is 2. The van der Waals surface area contributed by atoms with Crippen LogP contribution in [0.5, 0.6) is 5.75 Å². The fourth-order valence-electron chi connectivity index (χ4n) is 3.38. The van der Waals surface area contributed by atoms with Crippen molar-refractivity contribution < 1.29 is 14.5 Å². The monoisotopic (exact) mass is 406 g/mol. The lowest BCUT2D eigenvalue weighted by Crippen LogP contribution is -2.31. The molecule has 30 heavy (non-hydrogen) atoms. The second kappa shape index (κ2) is 7.66. The number of hydrogen-bond donors (Lipinski definition) is 2. The van der Waals surface area contributed by atoms with Gasteiger partial charge in [0.05, 0.1) is 17.6 Å². The van der Waals surface area contributed by atoms with Crippen molar-refractivity contribution in [3.05, 3.63) is 81.8 Å². The van der Waals surface area contributed by atoms with E-state index in [2.05, 4.69) is 20.7 Å². The lowest BCUT2D eigenvalue weighted by Gasteiger charge is -2.28. The number of ether oxygens (including phenoxy) is 1. The highest BCUT2D eigenvalue weighted by atomic mass is 16.6. The summed E-state index contributed by atoms with van der Waals surface area (Å²) in [6.07, 6.45) is 1.41. The van der Waals surface area contributed by atoms with Crippen molar-refractivity contribution in [1.29, 1.82) is 0 Å². The van der Waals surface area contributed by atoms with Gasteiger partial charge in [-0.2, -0.15) is 10.1 Å². The third kappa shape index (κ3) is 3.46. The van der Waals surface area contributed by atoms with Gasteiger partial charge in [-0.3, -0.25) is 14.9 Å². The van der Waals surface area contributed by atoms with E-state index in [4.69, 9.17) is 4.74 Å². The van der Waals surface area contributed by atoms with Crippen LogP contribution in [0.2, 0.25) is 0 Å². The van der Waals surface area contributed by atoms with Gasteiger partial charge in [0.25, 0.3) is 11.6 Å². The zero-order valence-electron chi connectivity index (χ0n) is 16.2. The molecule has 0 saturated heterocycles. The summed E-state index contributed by atoms with van der Waals surface area (Å²) in [5.41, 5.74) is 2.06. The Balaban J connectivity index is 1.72. The number of aromatic nitrogens is 3. The van der Waals surface area contributed by atoms with Crippen LogP contribution in [0.1, 0.15) is 18.5 Å². The molecule has 10 heteroatoms. The molecule has 2 aromatic carbocycles. The number of non-ortho nitro benzene ring substituents is 1. The van der Waals surface area contributed by atoms with Crippen LogP contribution in [0.15, 0.2) is 66.1 Å². The van der Waals surface area contributed by atoms with E-state index in [1.165, 1.54) is 24.5 Å². The molecule has 0 fully saturated rings. The maximum Gasteiger partial charge on any atom is 0.271 e. The molecule has 1 unspecified atom stereocenters. The number of nitrogens with one attached hydrogen (secondary N) is 2. The van der Waals surface area contributed by atoms with Gasteiger partial charge in [0, 0.05) is 23.5 Å². The Bertz CT molecular complexity index is 1150. The van der Waals surface area contributed by atoms with Crippen molar-refractivity contribution in [2.45, 2.75) is 13.0 Å². The fourth-order valence-corrected chi connectivity index (χ4v) is 3.38. The predicted octanol–water partition coefficient (Wildman–Crippen LogP) is 3.12. The Hall–Kier alpha value is -4.21. The molecule has 1 aliphatic heterocycles. The highest BCUT2D eigenvalue weighted by Gasteiger charge is 2.33. The number of rotatable bonds is 5. The highest BCUT2D eigenvalue weighted by molar-refractivity contribution is 6.06. The average Bonchev–Trinajstić information content (AvgIpc) is 3.21. The van der Waals surface area contributed by atoms with E-state index in [1.54, 1.807) is 36.9 Å². The van der Waals surface area contributed by atoms with Gasteiger partial charge in [-0.15, -0.1) is 0 Å². The van der Waals surface area contributed by atoms with E-state index in [0.717, 1.165) is 5.56 Å². The van der Waals surface area contributed by atoms with Gasteiger partial charge in [-0.05, 0) is 30.7 Å². The first kappa shape index (κ1) is 19.1. The summed E-state index contributed by atoms with van der Waals surface area (Å²) in [7, 11) is 1.58. The second-order valence-electron chi connectivity index (χ2n) is 6.63. The molecule has 4 rings (SSSR count). The molecule has 2 heterocycles. The molecule has 1 aliphatic rings. The molecule has 1 atom stereocenters. The summed E-state index contributed by atoms with van der Waals surface area (Å²) in [6.45, 7) is 1.77. The molecular formula is C20H18N6O4. The summed E-state index contributed by atoms with van der Waals surface area (Å²) < 4.78 is 6.84. The van der Waals surface area contributed by atoms with Crippen molar-refractivity contribution in [1.82, 2.24) is 14.8 Å². The van der Waals surface area contributed by atoms with Crippen molar-refractivity contribution >= 4 is 23.2 Å². The Labute approximate surface area is 171 Å². The number of benzene rings is 2. The average molecular weight is 406 g/mol. The van der Waals surface area contributed by atoms with Gasteiger partial charge in [0.2, 0.25) is 5.95 Å². The number of fused-ring (bicyclic) bond motifs is 1. The molecular weight excluding hydrogens is 388 g/mol. The van der Waals surface area contributed by atoms with E-state index in [9.17, 15) is 14.9 Å². The summed E-state index contributed by atoms with van der Waals surface area (Å²) in [6, 6.07) is 12.6. The molecule has 0 saturated carbocycles. The van der Waals surface area contributed by atoms with Crippen molar-refractivity contribution in [2.75, 3.05) is 17.7 Å². The SMILES string of the molecule is COc1ccc(C2C(C(=O)Nc3cccc([N+](=O)[O-])c3)=C(C)Nc3ncnn32)cc1. The number of amides is 1. The third-order valence-electron chi connectivity index (χ3n) is 4.79. The first-order valence-corrected chi connectivity index (χ1v) is 9.05. The quantitative estimate of drug-likeness (QED) is 0.493. The van der Waals surface area contributed by atoms with Gasteiger partial charge in [0.15, 0.2) is 0 Å². The van der Waals surface area contributed by atoms with Crippen LogP contribution < -0.4 is 15.4 Å². The number of carbonyl (C=O) groups is 1. The number of hydrogen-bond acceptors (Lipinski definition) is 7. The van der Waals surface area contributed by atoms with E-state index < -0.39 is 16.9 Å². The standard InChI is InChI=1S/C20H18N6O4/c1-12-17(19(27)24-14-4-3-5-15(10-14)26(28)29)18(25-20(23-12)21-11-22-25)13-6-8-16(30-2)9-7-13/h3-11,18H,1-2H3,(H,24,27)(H,21,22,23). The number of allylic oxidation sites excluding steroid dienone is 1. The molecule has 0 aliphatic carbocycles. The van der Waals surface area contributed by atoms with Crippen molar-refractivity contribution in [3.63, 3.8) is 0 Å². The normalized spacial score (nSPS) is 15.2. The number of nitro groups is 1. The number of methoxy groups -OCH3 is 1. The molecule has 1 amide bonds. The van der Waals surface area contributed by atoms with Crippen LogP contribution >= 0.6 is 0 Å². The minimum atomic E-state index is -0.534. The van der Waals surface area contributed by atoms with E-state index in [-0.39, 0.29) is 5.69 Å². The van der Waals surface area contributed by atoms with Gasteiger partial charge >= 0.3 is 0 Å². The molecule has 0 radical (unpaired) electrons. The Morgan fingerprint density at radius 1 is 1.27 bits per heavy atom. The zero-order valence-corrected chi connectivity index (χ0v) is 16.2. The molecule has 0 bridgehead atoms. The first-order chi connectivity index (χ1) is 14.5. The number of nitro benzene ring substituents is 1. The molecule has 2 N–H and O–H groups in total. The van der Waals surface area contributed by atoms with Crippen LogP contribution in [-0.4, -0.2) is 32.7 Å². The molecule has 1 aromatic heterocycles. The van der Waals surface area contributed by atoms with Gasteiger partial charge in [0.1, 0.15) is 18.1 Å². The van der Waals surface area contributed by atoms with E-state index >= 15 is 0 Å². The third-order valence-corrected chi connectivity index (χ3v) is 4.79. The zero-order chi connectivity index (χ0) is 21.3. The molecule has 10 nitrogen and oxygen atoms in total. The lowest BCUT2D eigenvalue weighted by atomic mass is 9.95. The molecule has 0 spiro atoms. The van der Waals surface area contributed by atoms with Crippen LogP contribution in [0.3, 0.4) is 0 Å². The number of carbonyl (C=O) groups excluding carboxylic acids is 1. The summed E-state index contributed by atoms with van der Waals surface area (Å²) >= 11 is 0. The van der Waals surface area contributed by atoms with Gasteiger partial charge in [-0.1, -0.05) is 18.2 Å². The lowest BCUT2D eigenvalue weighted by molar-refractivity contribution is -0.384. The smallest absolute Gasteiger partial charge is 0.271 e. The largest absolute Gasteiger partial charge is 0.497 e. The minimum Gasteiger partial charge on any atom is -0.497 e. The Kier molecular flexibility index (Phi) is 4.88. The maximum absolute atomic E-state index is 13.2. The van der Waals surface area contributed by atoms with Crippen LogP contribution in [0.25, 0.3) is 0 Å². The van der Waals surface area contributed by atoms with Crippen molar-refractivity contribution in [3.8, 4) is 5.75 Å². The maximum atomic E-state index is 13.2. The van der Waals surface area contributed by atoms with E-state index in [0.29, 0.717) is 28.7 Å². The Morgan fingerprint density at radius 3 is 2.73 bits per heavy atom. The summed E-state index contributed by atoms with van der Waals surface area (Å²) in [5.74, 6) is 0.803. The van der Waals surface area contributed by atoms with Gasteiger partial charge < -0.3 is 15.4 Å². The second-order valence-corrected chi connectivity index (χ2v) is 6.63. The van der Waals surface area contributed by atoms with Gasteiger partial charge in [-0.25, -0.2) is 4.68 Å². The minimum absolute atomic E-state index is 0.106. The highest BCUT2D eigenvalue weighted by Crippen LogP contribution is 2.35. The van der Waals surface area contributed by atoms with Crippen molar-refractivity contribution in [2.24, 2.45) is 0 Å². The van der Waals surface area contributed by atoms with Crippen LogP contribution in [0.4, 0.5) is 17.3 Å². The Morgan fingerprint density at radius 2 is 2.03 bits per heavy atom. The number of nitrogens with zero attached hydrogens (tertiary/aromatic N) is 4. The van der Waals surface area contributed by atoms with Crippen LogP contribution in [0, 0.1) is 10.1 Å².